The Balaban J connectivity index is 1.41. The lowest BCUT2D eigenvalue weighted by Gasteiger charge is -2.34. The predicted molar refractivity (Wildman–Crippen MR) is 157 cm³/mol. The Kier molecular flexibility index (Phi) is 7.33. The number of piperidine rings is 1. The number of benzene rings is 1. The largest absolute Gasteiger partial charge is 0.494 e. The van der Waals surface area contributed by atoms with Crippen molar-refractivity contribution in [3.63, 3.8) is 0 Å². The molecule has 1 aromatic carbocycles. The molecule has 1 saturated carbocycles. The first-order chi connectivity index (χ1) is 20.9. The Bertz CT molecular complexity index is 1550. The van der Waals surface area contributed by atoms with E-state index in [4.69, 9.17) is 8.85 Å². The monoisotopic (exact) mass is 581 g/mol. The van der Waals surface area contributed by atoms with E-state index < -0.39 is 12.9 Å². The SMILES string of the molecule is [2H]C([2H])([2H])NC(=O)c1nnc(NC(=O)C2CC2)cc1Nc1cccc(-c2ncc(C(=O)N3CCC(N(C)C)CC3)s2)c1OC. The summed E-state index contributed by atoms with van der Waals surface area (Å²) in [6, 6.07) is 7.12. The van der Waals surface area contributed by atoms with E-state index in [0.29, 0.717) is 46.0 Å². The normalized spacial score (nSPS) is 16.9. The summed E-state index contributed by atoms with van der Waals surface area (Å²) in [5.41, 5.74) is 0.817. The fraction of sp³-hybridized carbons (Fsp3) is 0.429. The van der Waals surface area contributed by atoms with Crippen LogP contribution in [-0.4, -0.2) is 90.0 Å². The van der Waals surface area contributed by atoms with Gasteiger partial charge in [-0.05, 0) is 51.9 Å². The molecule has 3 N–H and O–H groups in total. The van der Waals surface area contributed by atoms with Crippen molar-refractivity contribution in [2.45, 2.75) is 31.7 Å². The zero-order chi connectivity index (χ0) is 31.6. The number of ether oxygens (including phenoxy) is 1. The predicted octanol–water partition coefficient (Wildman–Crippen LogP) is 3.23. The lowest BCUT2D eigenvalue weighted by Crippen LogP contribution is -2.44. The van der Waals surface area contributed by atoms with Gasteiger partial charge in [0.2, 0.25) is 5.91 Å². The Morgan fingerprint density at radius 2 is 1.90 bits per heavy atom. The number of likely N-dealkylation sites (tertiary alicyclic amines) is 1. The number of nitrogens with one attached hydrogen (secondary N) is 3. The minimum atomic E-state index is -2.76. The standard InChI is InChI=1S/C28H34N8O4S/c1-29-26(38)23-20(14-22(33-34-23)32-25(37)16-8-9-16)31-19-7-5-6-18(24(19)40-4)27-30-15-21(41-27)28(39)36-12-10-17(11-13-36)35(2)3/h5-7,14-17H,8-13H2,1-4H3,(H,29,38)(H2,31,32,33,37)/i1D3. The van der Waals surface area contributed by atoms with Crippen LogP contribution in [0.2, 0.25) is 0 Å². The van der Waals surface area contributed by atoms with Gasteiger partial charge in [-0.3, -0.25) is 14.4 Å². The number of methoxy groups -OCH3 is 1. The summed E-state index contributed by atoms with van der Waals surface area (Å²) < 4.78 is 28.0. The fourth-order valence-electron chi connectivity index (χ4n) is 4.76. The molecule has 0 spiro atoms. The summed E-state index contributed by atoms with van der Waals surface area (Å²) in [4.78, 5) is 47.5. The van der Waals surface area contributed by atoms with Gasteiger partial charge in [0.25, 0.3) is 11.8 Å². The number of para-hydroxylation sites is 1. The summed E-state index contributed by atoms with van der Waals surface area (Å²) in [7, 11) is 5.59. The lowest BCUT2D eigenvalue weighted by molar-refractivity contribution is -0.117. The molecule has 2 aliphatic rings. The third kappa shape index (κ3) is 6.30. The van der Waals surface area contributed by atoms with Crippen molar-refractivity contribution >= 4 is 46.3 Å². The van der Waals surface area contributed by atoms with E-state index in [1.165, 1.54) is 24.5 Å². The van der Waals surface area contributed by atoms with Crippen molar-refractivity contribution in [2.24, 2.45) is 5.92 Å². The molecule has 216 valence electrons. The Morgan fingerprint density at radius 3 is 2.59 bits per heavy atom. The van der Waals surface area contributed by atoms with Crippen molar-refractivity contribution in [1.82, 2.24) is 30.3 Å². The second-order valence-corrected chi connectivity index (χ2v) is 11.3. The minimum Gasteiger partial charge on any atom is -0.494 e. The van der Waals surface area contributed by atoms with Crippen molar-refractivity contribution in [2.75, 3.05) is 51.9 Å². The van der Waals surface area contributed by atoms with Gasteiger partial charge in [0.05, 0.1) is 30.2 Å². The third-order valence-electron chi connectivity index (χ3n) is 7.24. The van der Waals surface area contributed by atoms with Gasteiger partial charge in [0, 0.05) is 42.2 Å². The molecule has 2 fully saturated rings. The first-order valence-corrected chi connectivity index (χ1v) is 14.1. The molecule has 0 bridgehead atoms. The van der Waals surface area contributed by atoms with E-state index in [-0.39, 0.29) is 34.9 Å². The highest BCUT2D eigenvalue weighted by molar-refractivity contribution is 7.17. The quantitative estimate of drug-likeness (QED) is 0.347. The second kappa shape index (κ2) is 12.2. The van der Waals surface area contributed by atoms with Crippen LogP contribution in [0, 0.1) is 5.92 Å². The lowest BCUT2D eigenvalue weighted by atomic mass is 10.0. The molecule has 12 nitrogen and oxygen atoms in total. The van der Waals surface area contributed by atoms with Crippen molar-refractivity contribution in [1.29, 1.82) is 0 Å². The fourth-order valence-corrected chi connectivity index (χ4v) is 5.66. The molecular formula is C28H34N8O4S. The molecular weight excluding hydrogens is 544 g/mol. The smallest absolute Gasteiger partial charge is 0.273 e. The van der Waals surface area contributed by atoms with Crippen molar-refractivity contribution < 1.29 is 23.2 Å². The van der Waals surface area contributed by atoms with E-state index in [9.17, 15) is 14.4 Å². The summed E-state index contributed by atoms with van der Waals surface area (Å²) in [5, 5.41) is 16.1. The van der Waals surface area contributed by atoms with Gasteiger partial charge in [-0.25, -0.2) is 4.98 Å². The van der Waals surface area contributed by atoms with Gasteiger partial charge in [-0.15, -0.1) is 21.5 Å². The molecule has 3 aromatic rings. The number of carbonyl (C=O) groups is 3. The van der Waals surface area contributed by atoms with E-state index >= 15 is 0 Å². The second-order valence-electron chi connectivity index (χ2n) is 10.2. The first kappa shape index (κ1) is 24.7. The molecule has 3 heterocycles. The number of rotatable bonds is 9. The Labute approximate surface area is 246 Å². The van der Waals surface area contributed by atoms with Crippen LogP contribution in [0.1, 0.15) is 50.0 Å². The number of aromatic nitrogens is 3. The van der Waals surface area contributed by atoms with Gasteiger partial charge in [0.15, 0.2) is 17.3 Å². The maximum absolute atomic E-state index is 13.3. The number of hydrogen-bond donors (Lipinski definition) is 3. The van der Waals surface area contributed by atoms with Crippen LogP contribution in [0.15, 0.2) is 30.5 Å². The van der Waals surface area contributed by atoms with Gasteiger partial charge in [-0.2, -0.15) is 0 Å². The molecule has 0 atom stereocenters. The van der Waals surface area contributed by atoms with Gasteiger partial charge in [0.1, 0.15) is 9.88 Å². The molecule has 5 rings (SSSR count). The maximum atomic E-state index is 13.3. The van der Waals surface area contributed by atoms with Crippen LogP contribution in [0.5, 0.6) is 5.75 Å². The van der Waals surface area contributed by atoms with Crippen LogP contribution in [0.25, 0.3) is 10.6 Å². The zero-order valence-corrected chi connectivity index (χ0v) is 23.9. The molecule has 41 heavy (non-hydrogen) atoms. The third-order valence-corrected chi connectivity index (χ3v) is 8.26. The molecule has 1 aliphatic carbocycles. The number of anilines is 3. The number of carbonyl (C=O) groups excluding carboxylic acids is 3. The van der Waals surface area contributed by atoms with Crippen LogP contribution < -0.4 is 20.7 Å². The number of thiazole rings is 1. The average molecular weight is 582 g/mol. The first-order valence-electron chi connectivity index (χ1n) is 14.8. The summed E-state index contributed by atoms with van der Waals surface area (Å²) in [6.45, 7) is -1.40. The van der Waals surface area contributed by atoms with E-state index in [2.05, 4.69) is 44.8 Å². The highest BCUT2D eigenvalue weighted by Crippen LogP contribution is 2.40. The zero-order valence-electron chi connectivity index (χ0n) is 26.1. The van der Waals surface area contributed by atoms with Gasteiger partial charge in [-0.1, -0.05) is 6.07 Å². The summed E-state index contributed by atoms with van der Waals surface area (Å²) in [5.74, 6) is -0.873. The van der Waals surface area contributed by atoms with E-state index in [1.807, 2.05) is 10.2 Å². The van der Waals surface area contributed by atoms with Crippen LogP contribution in [-0.2, 0) is 4.79 Å². The molecule has 0 unspecified atom stereocenters. The summed E-state index contributed by atoms with van der Waals surface area (Å²) >= 11 is 1.25. The molecule has 3 amide bonds. The van der Waals surface area contributed by atoms with Crippen molar-refractivity contribution in [3.8, 4) is 16.3 Å². The molecule has 13 heteroatoms. The van der Waals surface area contributed by atoms with Crippen LogP contribution >= 0.6 is 11.3 Å². The van der Waals surface area contributed by atoms with E-state index in [1.54, 1.807) is 24.4 Å². The van der Waals surface area contributed by atoms with E-state index in [0.717, 1.165) is 25.7 Å². The molecule has 2 aromatic heterocycles. The number of nitrogens with zero attached hydrogens (tertiary/aromatic N) is 5. The van der Waals surface area contributed by atoms with Crippen molar-refractivity contribution in [3.05, 3.63) is 41.0 Å². The Morgan fingerprint density at radius 1 is 1.12 bits per heavy atom. The number of amides is 3. The highest BCUT2D eigenvalue weighted by Gasteiger charge is 2.30. The molecule has 1 aliphatic heterocycles. The van der Waals surface area contributed by atoms with Gasteiger partial charge >= 0.3 is 0 Å². The minimum absolute atomic E-state index is 0.0623. The summed E-state index contributed by atoms with van der Waals surface area (Å²) in [6.07, 6.45) is 4.96. The topological polar surface area (TPSA) is 142 Å². The Hall–Kier alpha value is -4.10. The van der Waals surface area contributed by atoms with Crippen LogP contribution in [0.4, 0.5) is 17.2 Å². The molecule has 1 saturated heterocycles. The highest BCUT2D eigenvalue weighted by atomic mass is 32.1. The number of hydrogen-bond acceptors (Lipinski definition) is 10. The van der Waals surface area contributed by atoms with Gasteiger partial charge < -0.3 is 30.5 Å². The maximum Gasteiger partial charge on any atom is 0.273 e. The molecule has 0 radical (unpaired) electrons. The average Bonchev–Trinajstić information content (AvgIpc) is 3.72. The van der Waals surface area contributed by atoms with Crippen LogP contribution in [0.3, 0.4) is 0 Å².